The molecule has 1 amide bonds. The van der Waals surface area contributed by atoms with Crippen LogP contribution >= 0.6 is 0 Å². The summed E-state index contributed by atoms with van der Waals surface area (Å²) in [5.74, 6) is 0.780. The Labute approximate surface area is 111 Å². The third kappa shape index (κ3) is 3.71. The van der Waals surface area contributed by atoms with Crippen LogP contribution in [0.25, 0.3) is 0 Å². The van der Waals surface area contributed by atoms with Gasteiger partial charge in [0.05, 0.1) is 0 Å². The third-order valence-corrected chi connectivity index (χ3v) is 4.67. The van der Waals surface area contributed by atoms with E-state index in [1.54, 1.807) is 0 Å². The predicted octanol–water partition coefficient (Wildman–Crippen LogP) is 2.56. The van der Waals surface area contributed by atoms with Crippen LogP contribution in [0.3, 0.4) is 0 Å². The molecule has 1 saturated heterocycles. The highest BCUT2D eigenvalue weighted by atomic mass is 16.2. The van der Waals surface area contributed by atoms with Crippen LogP contribution in [0.4, 0.5) is 0 Å². The molecule has 1 N–H and O–H groups in total. The Balaban J connectivity index is 1.82. The van der Waals surface area contributed by atoms with Crippen molar-refractivity contribution in [1.29, 1.82) is 0 Å². The van der Waals surface area contributed by atoms with Gasteiger partial charge in [0.15, 0.2) is 0 Å². The summed E-state index contributed by atoms with van der Waals surface area (Å²) in [5.41, 5.74) is 0. The summed E-state index contributed by atoms with van der Waals surface area (Å²) in [7, 11) is 2.02. The number of piperidine rings is 1. The minimum atomic E-state index is 0.330. The number of hydrogen-bond donors (Lipinski definition) is 1. The molecule has 0 atom stereocenters. The van der Waals surface area contributed by atoms with Crippen molar-refractivity contribution in [2.45, 2.75) is 63.8 Å². The fourth-order valence-electron chi connectivity index (χ4n) is 3.35. The average molecular weight is 252 g/mol. The van der Waals surface area contributed by atoms with Crippen molar-refractivity contribution in [3.8, 4) is 0 Å². The van der Waals surface area contributed by atoms with Crippen molar-refractivity contribution >= 4 is 5.91 Å². The highest BCUT2D eigenvalue weighted by Gasteiger charge is 2.27. The van der Waals surface area contributed by atoms with Crippen LogP contribution in [0.15, 0.2) is 0 Å². The molecule has 0 aromatic rings. The lowest BCUT2D eigenvalue weighted by Gasteiger charge is -2.34. The van der Waals surface area contributed by atoms with Crippen LogP contribution in [0.1, 0.15) is 57.8 Å². The minimum absolute atomic E-state index is 0.330. The number of hydrogen-bond acceptors (Lipinski definition) is 2. The lowest BCUT2D eigenvalue weighted by Crippen LogP contribution is -2.46. The highest BCUT2D eigenvalue weighted by Crippen LogP contribution is 2.25. The molecule has 1 heterocycles. The van der Waals surface area contributed by atoms with Gasteiger partial charge in [-0.05, 0) is 32.7 Å². The van der Waals surface area contributed by atoms with Crippen molar-refractivity contribution < 1.29 is 4.79 Å². The van der Waals surface area contributed by atoms with Gasteiger partial charge in [0.25, 0.3) is 0 Å². The minimum Gasteiger partial charge on any atom is -0.342 e. The molecule has 0 radical (unpaired) electrons. The molecule has 3 nitrogen and oxygen atoms in total. The molecule has 2 aliphatic rings. The zero-order chi connectivity index (χ0) is 12.8. The standard InChI is InChI=1S/C15H28N2O/c1-16-14-9-11-17(12-10-14)15(18)13-7-5-3-2-4-6-8-13/h13-14,16H,2-12H2,1H3. The predicted molar refractivity (Wildman–Crippen MR) is 74.5 cm³/mol. The SMILES string of the molecule is CNC1CCN(C(=O)C2CCCCCCC2)CC1. The molecule has 1 aliphatic carbocycles. The maximum absolute atomic E-state index is 12.5. The molecule has 2 fully saturated rings. The average Bonchev–Trinajstić information content (AvgIpc) is 2.38. The topological polar surface area (TPSA) is 32.3 Å². The zero-order valence-electron chi connectivity index (χ0n) is 11.8. The molecule has 0 unspecified atom stereocenters. The van der Waals surface area contributed by atoms with E-state index < -0.39 is 0 Å². The van der Waals surface area contributed by atoms with Gasteiger partial charge in [-0.2, -0.15) is 0 Å². The third-order valence-electron chi connectivity index (χ3n) is 4.67. The van der Waals surface area contributed by atoms with Crippen LogP contribution in [0, 0.1) is 5.92 Å². The summed E-state index contributed by atoms with van der Waals surface area (Å²) >= 11 is 0. The Morgan fingerprint density at radius 3 is 2.06 bits per heavy atom. The second-order valence-corrected chi connectivity index (χ2v) is 5.93. The first-order valence-electron chi connectivity index (χ1n) is 7.77. The Morgan fingerprint density at radius 1 is 0.944 bits per heavy atom. The molecular formula is C15H28N2O. The van der Waals surface area contributed by atoms with E-state index in [0.717, 1.165) is 38.8 Å². The highest BCUT2D eigenvalue weighted by molar-refractivity contribution is 5.78. The van der Waals surface area contributed by atoms with E-state index in [0.29, 0.717) is 17.9 Å². The zero-order valence-corrected chi connectivity index (χ0v) is 11.8. The molecule has 104 valence electrons. The number of rotatable bonds is 2. The second-order valence-electron chi connectivity index (χ2n) is 5.93. The van der Waals surface area contributed by atoms with Gasteiger partial charge in [0, 0.05) is 25.0 Å². The Hall–Kier alpha value is -0.570. The molecule has 0 spiro atoms. The quantitative estimate of drug-likeness (QED) is 0.819. The maximum atomic E-state index is 12.5. The molecule has 2 rings (SSSR count). The van der Waals surface area contributed by atoms with Gasteiger partial charge in [-0.25, -0.2) is 0 Å². The molecule has 1 saturated carbocycles. The Bertz CT molecular complexity index is 251. The normalized spacial score (nSPS) is 24.6. The summed E-state index contributed by atoms with van der Waals surface area (Å²) in [6.07, 6.45) is 11.0. The number of nitrogens with one attached hydrogen (secondary N) is 1. The summed E-state index contributed by atoms with van der Waals surface area (Å²) in [6, 6.07) is 0.617. The molecule has 0 aromatic heterocycles. The lowest BCUT2D eigenvalue weighted by atomic mass is 9.89. The van der Waals surface area contributed by atoms with Crippen molar-refractivity contribution in [2.75, 3.05) is 20.1 Å². The van der Waals surface area contributed by atoms with Gasteiger partial charge >= 0.3 is 0 Å². The van der Waals surface area contributed by atoms with Crippen molar-refractivity contribution in [1.82, 2.24) is 10.2 Å². The van der Waals surface area contributed by atoms with E-state index in [1.807, 2.05) is 7.05 Å². The van der Waals surface area contributed by atoms with E-state index in [-0.39, 0.29) is 0 Å². The van der Waals surface area contributed by atoms with Crippen molar-refractivity contribution in [3.05, 3.63) is 0 Å². The van der Waals surface area contributed by atoms with Crippen LogP contribution in [0.2, 0.25) is 0 Å². The fraction of sp³-hybridized carbons (Fsp3) is 0.933. The van der Waals surface area contributed by atoms with E-state index in [9.17, 15) is 4.79 Å². The molecule has 18 heavy (non-hydrogen) atoms. The van der Waals surface area contributed by atoms with Gasteiger partial charge in [0.1, 0.15) is 0 Å². The lowest BCUT2D eigenvalue weighted by molar-refractivity contribution is -0.137. The van der Waals surface area contributed by atoms with Crippen LogP contribution < -0.4 is 5.32 Å². The van der Waals surface area contributed by atoms with Gasteiger partial charge in [-0.1, -0.05) is 32.1 Å². The van der Waals surface area contributed by atoms with E-state index >= 15 is 0 Å². The summed E-state index contributed by atoms with van der Waals surface area (Å²) in [6.45, 7) is 1.92. The fourth-order valence-corrected chi connectivity index (χ4v) is 3.35. The number of amides is 1. The molecule has 0 aromatic carbocycles. The maximum Gasteiger partial charge on any atom is 0.225 e. The molecule has 3 heteroatoms. The summed E-state index contributed by atoms with van der Waals surface area (Å²) < 4.78 is 0. The number of likely N-dealkylation sites (tertiary alicyclic amines) is 1. The van der Waals surface area contributed by atoms with Gasteiger partial charge < -0.3 is 10.2 Å². The first-order chi connectivity index (χ1) is 8.81. The monoisotopic (exact) mass is 252 g/mol. The van der Waals surface area contributed by atoms with Crippen LogP contribution in [0.5, 0.6) is 0 Å². The second kappa shape index (κ2) is 7.13. The summed E-state index contributed by atoms with van der Waals surface area (Å²) in [4.78, 5) is 14.6. The first-order valence-corrected chi connectivity index (χ1v) is 7.77. The summed E-state index contributed by atoms with van der Waals surface area (Å²) in [5, 5.41) is 3.32. The largest absolute Gasteiger partial charge is 0.342 e. The molecule has 1 aliphatic heterocycles. The van der Waals surface area contributed by atoms with E-state index in [2.05, 4.69) is 10.2 Å². The smallest absolute Gasteiger partial charge is 0.225 e. The van der Waals surface area contributed by atoms with Crippen LogP contribution in [-0.2, 0) is 4.79 Å². The Kier molecular flexibility index (Phi) is 5.48. The molecular weight excluding hydrogens is 224 g/mol. The van der Waals surface area contributed by atoms with Gasteiger partial charge in [-0.3, -0.25) is 4.79 Å². The van der Waals surface area contributed by atoms with Crippen molar-refractivity contribution in [2.24, 2.45) is 5.92 Å². The first kappa shape index (κ1) is 13.9. The number of carbonyl (C=O) groups excluding carboxylic acids is 1. The van der Waals surface area contributed by atoms with Gasteiger partial charge in [0.2, 0.25) is 5.91 Å². The van der Waals surface area contributed by atoms with E-state index in [1.165, 1.54) is 32.1 Å². The number of nitrogens with zero attached hydrogens (tertiary/aromatic N) is 1. The van der Waals surface area contributed by atoms with Crippen LogP contribution in [-0.4, -0.2) is 37.0 Å². The van der Waals surface area contributed by atoms with E-state index in [4.69, 9.17) is 0 Å². The van der Waals surface area contributed by atoms with Crippen molar-refractivity contribution in [3.63, 3.8) is 0 Å². The Morgan fingerprint density at radius 2 is 1.50 bits per heavy atom. The van der Waals surface area contributed by atoms with Gasteiger partial charge in [-0.15, -0.1) is 0 Å². The molecule has 0 bridgehead atoms. The number of carbonyl (C=O) groups is 1.